The molecular formula is C19H25N5O3. The van der Waals surface area contributed by atoms with Crippen molar-refractivity contribution in [2.45, 2.75) is 31.3 Å². The summed E-state index contributed by atoms with van der Waals surface area (Å²) in [6.45, 7) is 2.17. The largest absolute Gasteiger partial charge is 0.352 e. The average molecular weight is 371 g/mol. The van der Waals surface area contributed by atoms with Crippen molar-refractivity contribution in [3.8, 4) is 0 Å². The van der Waals surface area contributed by atoms with E-state index >= 15 is 0 Å². The SMILES string of the molecule is C[C@@H](CN(C)C(=O)c1cc2ccccc2n1C)NC(=O)C1(NC(N)=O)CC1. The van der Waals surface area contributed by atoms with Gasteiger partial charge in [-0.1, -0.05) is 18.2 Å². The Morgan fingerprint density at radius 1 is 1.30 bits per heavy atom. The minimum Gasteiger partial charge on any atom is -0.352 e. The highest BCUT2D eigenvalue weighted by Gasteiger charge is 2.51. The lowest BCUT2D eigenvalue weighted by Gasteiger charge is -2.24. The van der Waals surface area contributed by atoms with Crippen LogP contribution in [-0.4, -0.2) is 52.5 Å². The van der Waals surface area contributed by atoms with Gasteiger partial charge in [-0.25, -0.2) is 4.79 Å². The predicted octanol–water partition coefficient (Wildman–Crippen LogP) is 0.956. The number of nitrogens with two attached hydrogens (primary N) is 1. The summed E-state index contributed by atoms with van der Waals surface area (Å²) in [6, 6.07) is 8.70. The van der Waals surface area contributed by atoms with Crippen molar-refractivity contribution in [2.75, 3.05) is 13.6 Å². The van der Waals surface area contributed by atoms with E-state index in [1.807, 2.05) is 48.9 Å². The van der Waals surface area contributed by atoms with Gasteiger partial charge < -0.3 is 25.8 Å². The summed E-state index contributed by atoms with van der Waals surface area (Å²) in [5.41, 5.74) is 5.82. The summed E-state index contributed by atoms with van der Waals surface area (Å²) in [5, 5.41) is 6.37. The molecule has 1 aliphatic rings. The number of para-hydroxylation sites is 1. The number of amides is 4. The second-order valence-electron chi connectivity index (χ2n) is 7.28. The summed E-state index contributed by atoms with van der Waals surface area (Å²) in [6.07, 6.45) is 1.14. The summed E-state index contributed by atoms with van der Waals surface area (Å²) in [4.78, 5) is 37.8. The molecule has 1 aromatic carbocycles. The first-order valence-corrected chi connectivity index (χ1v) is 8.92. The molecule has 1 fully saturated rings. The van der Waals surface area contributed by atoms with Gasteiger partial charge in [-0.3, -0.25) is 9.59 Å². The van der Waals surface area contributed by atoms with Crippen molar-refractivity contribution < 1.29 is 14.4 Å². The van der Waals surface area contributed by atoms with Crippen LogP contribution in [0.25, 0.3) is 10.9 Å². The topological polar surface area (TPSA) is 109 Å². The average Bonchev–Trinajstić information content (AvgIpc) is 3.31. The molecule has 1 heterocycles. The maximum Gasteiger partial charge on any atom is 0.313 e. The number of fused-ring (bicyclic) bond motifs is 1. The molecule has 27 heavy (non-hydrogen) atoms. The van der Waals surface area contributed by atoms with Crippen LogP contribution in [0.15, 0.2) is 30.3 Å². The molecule has 1 aliphatic carbocycles. The fraction of sp³-hybridized carbons (Fsp3) is 0.421. The number of primary amides is 1. The normalized spacial score (nSPS) is 15.8. The number of rotatable bonds is 6. The van der Waals surface area contributed by atoms with Crippen molar-refractivity contribution in [3.63, 3.8) is 0 Å². The molecule has 0 spiro atoms. The number of hydrogen-bond acceptors (Lipinski definition) is 3. The number of aromatic nitrogens is 1. The van der Waals surface area contributed by atoms with E-state index in [-0.39, 0.29) is 17.9 Å². The van der Waals surface area contributed by atoms with Gasteiger partial charge in [-0.15, -0.1) is 0 Å². The number of nitrogens with one attached hydrogen (secondary N) is 2. The molecule has 144 valence electrons. The Kier molecular flexibility index (Phi) is 4.82. The summed E-state index contributed by atoms with van der Waals surface area (Å²) in [5.74, 6) is -0.384. The van der Waals surface area contributed by atoms with E-state index in [9.17, 15) is 14.4 Å². The van der Waals surface area contributed by atoms with Crippen LogP contribution in [0.1, 0.15) is 30.3 Å². The Morgan fingerprint density at radius 3 is 2.56 bits per heavy atom. The quantitative estimate of drug-likeness (QED) is 0.703. The summed E-state index contributed by atoms with van der Waals surface area (Å²) >= 11 is 0. The zero-order valence-corrected chi connectivity index (χ0v) is 15.8. The minimum absolute atomic E-state index is 0.119. The lowest BCUT2D eigenvalue weighted by molar-refractivity contribution is -0.124. The molecule has 0 unspecified atom stereocenters. The minimum atomic E-state index is -0.890. The van der Waals surface area contributed by atoms with Crippen LogP contribution in [-0.2, 0) is 11.8 Å². The van der Waals surface area contributed by atoms with Crippen molar-refractivity contribution in [1.29, 1.82) is 0 Å². The molecule has 0 bridgehead atoms. The highest BCUT2D eigenvalue weighted by atomic mass is 16.2. The van der Waals surface area contributed by atoms with E-state index in [0.29, 0.717) is 25.1 Å². The molecule has 0 aliphatic heterocycles. The molecule has 1 atom stereocenters. The van der Waals surface area contributed by atoms with E-state index < -0.39 is 11.6 Å². The van der Waals surface area contributed by atoms with Crippen LogP contribution in [0, 0.1) is 0 Å². The highest BCUT2D eigenvalue weighted by molar-refractivity contribution is 5.98. The monoisotopic (exact) mass is 371 g/mol. The maximum absolute atomic E-state index is 12.8. The van der Waals surface area contributed by atoms with Crippen LogP contribution < -0.4 is 16.4 Å². The molecule has 0 saturated heterocycles. The Labute approximate surface area is 157 Å². The number of benzene rings is 1. The van der Waals surface area contributed by atoms with E-state index in [0.717, 1.165) is 10.9 Å². The standard InChI is InChI=1S/C19H25N5O3/c1-12(21-17(26)19(8-9-19)22-18(20)27)11-23(2)16(25)15-10-13-6-4-5-7-14(13)24(15)3/h4-7,10,12H,8-9,11H2,1-3H3,(H,21,26)(H3,20,22,27)/t12-/m0/s1. The molecule has 4 N–H and O–H groups in total. The first-order valence-electron chi connectivity index (χ1n) is 8.92. The summed E-state index contributed by atoms with van der Waals surface area (Å²) < 4.78 is 1.87. The number of urea groups is 1. The van der Waals surface area contributed by atoms with Crippen molar-refractivity contribution in [1.82, 2.24) is 20.1 Å². The number of hydrogen-bond donors (Lipinski definition) is 3. The Balaban J connectivity index is 1.63. The van der Waals surface area contributed by atoms with E-state index in [1.165, 1.54) is 0 Å². The van der Waals surface area contributed by atoms with Gasteiger partial charge in [-0.05, 0) is 31.9 Å². The van der Waals surface area contributed by atoms with Crippen LogP contribution in [0.3, 0.4) is 0 Å². The molecule has 3 rings (SSSR count). The highest BCUT2D eigenvalue weighted by Crippen LogP contribution is 2.35. The number of carbonyl (C=O) groups is 3. The third-order valence-corrected chi connectivity index (χ3v) is 4.99. The lowest BCUT2D eigenvalue weighted by Crippen LogP contribution is -2.54. The van der Waals surface area contributed by atoms with Gasteiger partial charge in [0.25, 0.3) is 5.91 Å². The van der Waals surface area contributed by atoms with Gasteiger partial charge in [0.1, 0.15) is 11.2 Å². The number of carbonyl (C=O) groups excluding carboxylic acids is 3. The van der Waals surface area contributed by atoms with Crippen LogP contribution in [0.4, 0.5) is 4.79 Å². The van der Waals surface area contributed by atoms with Crippen molar-refractivity contribution >= 4 is 28.7 Å². The molecule has 8 nitrogen and oxygen atoms in total. The van der Waals surface area contributed by atoms with Gasteiger partial charge in [0.2, 0.25) is 5.91 Å². The van der Waals surface area contributed by atoms with Gasteiger partial charge in [0, 0.05) is 37.6 Å². The molecule has 8 heteroatoms. The molecule has 1 aromatic heterocycles. The Morgan fingerprint density at radius 2 is 1.96 bits per heavy atom. The second kappa shape index (κ2) is 6.94. The van der Waals surface area contributed by atoms with Crippen LogP contribution in [0.2, 0.25) is 0 Å². The van der Waals surface area contributed by atoms with Gasteiger partial charge in [0.05, 0.1) is 0 Å². The third kappa shape index (κ3) is 3.74. The van der Waals surface area contributed by atoms with Crippen LogP contribution >= 0.6 is 0 Å². The molecular weight excluding hydrogens is 346 g/mol. The van der Waals surface area contributed by atoms with Gasteiger partial charge in [0.15, 0.2) is 0 Å². The second-order valence-corrected chi connectivity index (χ2v) is 7.28. The van der Waals surface area contributed by atoms with Crippen molar-refractivity contribution in [2.24, 2.45) is 12.8 Å². The zero-order chi connectivity index (χ0) is 19.8. The van der Waals surface area contributed by atoms with E-state index in [2.05, 4.69) is 10.6 Å². The number of likely N-dealkylation sites (N-methyl/N-ethyl adjacent to an activating group) is 1. The van der Waals surface area contributed by atoms with E-state index in [1.54, 1.807) is 11.9 Å². The van der Waals surface area contributed by atoms with Crippen LogP contribution in [0.5, 0.6) is 0 Å². The zero-order valence-electron chi connectivity index (χ0n) is 15.8. The van der Waals surface area contributed by atoms with E-state index in [4.69, 9.17) is 5.73 Å². The molecule has 4 amide bonds. The Bertz CT molecular complexity index is 900. The maximum atomic E-state index is 12.8. The predicted molar refractivity (Wildman–Crippen MR) is 102 cm³/mol. The lowest BCUT2D eigenvalue weighted by atomic mass is 10.2. The summed E-state index contributed by atoms with van der Waals surface area (Å²) in [7, 11) is 3.57. The fourth-order valence-corrected chi connectivity index (χ4v) is 3.36. The third-order valence-electron chi connectivity index (χ3n) is 4.99. The van der Waals surface area contributed by atoms with Gasteiger partial charge in [-0.2, -0.15) is 0 Å². The molecule has 1 saturated carbocycles. The molecule has 0 radical (unpaired) electrons. The van der Waals surface area contributed by atoms with Gasteiger partial charge >= 0.3 is 6.03 Å². The Hall–Kier alpha value is -3.03. The van der Waals surface area contributed by atoms with Crippen molar-refractivity contribution in [3.05, 3.63) is 36.0 Å². The number of nitrogens with zero attached hydrogens (tertiary/aromatic N) is 2. The number of aryl methyl sites for hydroxylation is 1. The first-order chi connectivity index (χ1) is 12.7. The first kappa shape index (κ1) is 18.8. The smallest absolute Gasteiger partial charge is 0.313 e. The molecule has 2 aromatic rings. The fourth-order valence-electron chi connectivity index (χ4n) is 3.36.